The van der Waals surface area contributed by atoms with Crippen molar-refractivity contribution >= 4 is 33.8 Å². The van der Waals surface area contributed by atoms with E-state index < -0.39 is 0 Å². The van der Waals surface area contributed by atoms with Crippen LogP contribution >= 0.6 is 22.9 Å². The summed E-state index contributed by atoms with van der Waals surface area (Å²) in [5, 5.41) is 1.26. The van der Waals surface area contributed by atoms with Crippen LogP contribution in [-0.2, 0) is 5.41 Å². The first-order valence-corrected chi connectivity index (χ1v) is 6.97. The highest BCUT2D eigenvalue weighted by atomic mass is 35.5. The molecule has 1 aromatic carbocycles. The molecule has 0 unspecified atom stereocenters. The first-order chi connectivity index (χ1) is 8.59. The second-order valence-electron chi connectivity index (χ2n) is 4.85. The molecule has 2 aromatic heterocycles. The Hall–Kier alpha value is -1.32. The van der Waals surface area contributed by atoms with Crippen molar-refractivity contribution in [3.05, 3.63) is 51.6 Å². The van der Waals surface area contributed by atoms with Crippen LogP contribution in [0.5, 0.6) is 0 Å². The van der Waals surface area contributed by atoms with Gasteiger partial charge in [0.1, 0.15) is 0 Å². The third-order valence-electron chi connectivity index (χ3n) is 3.36. The number of aromatic amines is 1. The normalized spacial score (nSPS) is 12.2. The fraction of sp³-hybridized carbons (Fsp3) is 0.214. The van der Waals surface area contributed by atoms with E-state index in [0.29, 0.717) is 4.47 Å². The van der Waals surface area contributed by atoms with Gasteiger partial charge in [-0.1, -0.05) is 43.6 Å². The van der Waals surface area contributed by atoms with E-state index in [9.17, 15) is 0 Å². The predicted molar refractivity (Wildman–Crippen MR) is 77.6 cm³/mol. The number of hydrogen-bond acceptors (Lipinski definition) is 2. The van der Waals surface area contributed by atoms with Gasteiger partial charge in [0.25, 0.3) is 0 Å². The fourth-order valence-corrected chi connectivity index (χ4v) is 3.32. The molecule has 2 heterocycles. The topological polar surface area (TPSA) is 28.7 Å². The molecule has 0 atom stereocenters. The Bertz CT molecular complexity index is 696. The maximum absolute atomic E-state index is 5.95. The third kappa shape index (κ3) is 1.74. The number of thiazole rings is 1. The standard InChI is InChI=1S/C14H13ClN2S/c1-14(2,12-8-17-13(15)18-12)10-7-16-11-6-4-3-5-9(10)11/h3-8,16H,1-2H3. The smallest absolute Gasteiger partial charge is 0.183 e. The maximum Gasteiger partial charge on any atom is 0.183 e. The van der Waals surface area contributed by atoms with Crippen molar-refractivity contribution < 1.29 is 0 Å². The zero-order valence-electron chi connectivity index (χ0n) is 10.2. The summed E-state index contributed by atoms with van der Waals surface area (Å²) in [5.41, 5.74) is 2.35. The van der Waals surface area contributed by atoms with E-state index in [2.05, 4.69) is 48.2 Å². The highest BCUT2D eigenvalue weighted by Gasteiger charge is 2.28. The molecule has 3 rings (SSSR count). The lowest BCUT2D eigenvalue weighted by Crippen LogP contribution is -2.16. The first-order valence-electron chi connectivity index (χ1n) is 5.77. The molecule has 0 aliphatic rings. The summed E-state index contributed by atoms with van der Waals surface area (Å²) in [5.74, 6) is 0. The molecule has 0 amide bonds. The highest BCUT2D eigenvalue weighted by Crippen LogP contribution is 2.39. The van der Waals surface area contributed by atoms with Crippen LogP contribution in [0.15, 0.2) is 36.7 Å². The van der Waals surface area contributed by atoms with Crippen molar-refractivity contribution in [3.8, 4) is 0 Å². The van der Waals surface area contributed by atoms with Gasteiger partial charge in [0, 0.05) is 33.6 Å². The Morgan fingerprint density at radius 2 is 2.06 bits per heavy atom. The molecule has 0 bridgehead atoms. The lowest BCUT2D eigenvalue weighted by molar-refractivity contribution is 0.660. The maximum atomic E-state index is 5.95. The van der Waals surface area contributed by atoms with E-state index in [4.69, 9.17) is 11.6 Å². The van der Waals surface area contributed by atoms with Gasteiger partial charge in [-0.2, -0.15) is 0 Å². The number of aromatic nitrogens is 2. The second kappa shape index (κ2) is 4.11. The van der Waals surface area contributed by atoms with Crippen molar-refractivity contribution in [1.29, 1.82) is 0 Å². The van der Waals surface area contributed by atoms with Crippen LogP contribution in [0.4, 0.5) is 0 Å². The Morgan fingerprint density at radius 3 is 2.78 bits per heavy atom. The zero-order valence-corrected chi connectivity index (χ0v) is 11.8. The number of nitrogens with zero attached hydrogens (tertiary/aromatic N) is 1. The Kier molecular flexibility index (Phi) is 2.68. The van der Waals surface area contributed by atoms with E-state index in [1.807, 2.05) is 12.3 Å². The minimum Gasteiger partial charge on any atom is -0.361 e. The quantitative estimate of drug-likeness (QED) is 0.728. The summed E-state index contributed by atoms with van der Waals surface area (Å²) in [4.78, 5) is 8.65. The van der Waals surface area contributed by atoms with Crippen molar-refractivity contribution in [2.75, 3.05) is 0 Å². The zero-order chi connectivity index (χ0) is 12.8. The van der Waals surface area contributed by atoms with E-state index >= 15 is 0 Å². The van der Waals surface area contributed by atoms with Crippen LogP contribution in [0.25, 0.3) is 10.9 Å². The van der Waals surface area contributed by atoms with Gasteiger partial charge in [0.05, 0.1) is 0 Å². The molecule has 0 saturated carbocycles. The third-order valence-corrected chi connectivity index (χ3v) is 4.79. The monoisotopic (exact) mass is 276 g/mol. The van der Waals surface area contributed by atoms with Crippen LogP contribution in [0.1, 0.15) is 24.3 Å². The summed E-state index contributed by atoms with van der Waals surface area (Å²) in [6.45, 7) is 4.40. The summed E-state index contributed by atoms with van der Waals surface area (Å²) >= 11 is 7.49. The second-order valence-corrected chi connectivity index (χ2v) is 6.46. The molecular formula is C14H13ClN2S. The van der Waals surface area contributed by atoms with Crippen LogP contribution in [0.3, 0.4) is 0 Å². The summed E-state index contributed by atoms with van der Waals surface area (Å²) in [6, 6.07) is 8.34. The Morgan fingerprint density at radius 1 is 1.28 bits per heavy atom. The molecule has 0 aliphatic heterocycles. The summed E-state index contributed by atoms with van der Waals surface area (Å²) in [7, 11) is 0. The van der Waals surface area contributed by atoms with Gasteiger partial charge >= 0.3 is 0 Å². The van der Waals surface area contributed by atoms with Gasteiger partial charge in [0.2, 0.25) is 0 Å². The molecule has 4 heteroatoms. The number of rotatable bonds is 2. The van der Waals surface area contributed by atoms with Crippen LogP contribution in [0, 0.1) is 0 Å². The minimum atomic E-state index is -0.0928. The molecule has 0 radical (unpaired) electrons. The van der Waals surface area contributed by atoms with Crippen molar-refractivity contribution in [2.24, 2.45) is 0 Å². The van der Waals surface area contributed by atoms with E-state index in [0.717, 1.165) is 5.52 Å². The van der Waals surface area contributed by atoms with Crippen molar-refractivity contribution in [3.63, 3.8) is 0 Å². The van der Waals surface area contributed by atoms with E-state index in [1.165, 1.54) is 15.8 Å². The van der Waals surface area contributed by atoms with E-state index in [-0.39, 0.29) is 5.41 Å². The van der Waals surface area contributed by atoms with E-state index in [1.54, 1.807) is 11.3 Å². The van der Waals surface area contributed by atoms with Crippen LogP contribution in [0.2, 0.25) is 4.47 Å². The SMILES string of the molecule is CC(C)(c1cnc(Cl)s1)c1c[nH]c2ccccc12. The van der Waals surface area contributed by atoms with Gasteiger partial charge in [-0.25, -0.2) is 4.98 Å². The fourth-order valence-electron chi connectivity index (χ4n) is 2.26. The van der Waals surface area contributed by atoms with Gasteiger partial charge < -0.3 is 4.98 Å². The predicted octanol–water partition coefficient (Wildman–Crippen LogP) is 4.60. The number of benzene rings is 1. The van der Waals surface area contributed by atoms with Crippen molar-refractivity contribution in [1.82, 2.24) is 9.97 Å². The average molecular weight is 277 g/mol. The minimum absolute atomic E-state index is 0.0928. The van der Waals surface area contributed by atoms with Crippen LogP contribution < -0.4 is 0 Å². The lowest BCUT2D eigenvalue weighted by atomic mass is 9.83. The molecule has 1 N–H and O–H groups in total. The molecular weight excluding hydrogens is 264 g/mol. The average Bonchev–Trinajstić information content (AvgIpc) is 2.95. The highest BCUT2D eigenvalue weighted by molar-refractivity contribution is 7.15. The lowest BCUT2D eigenvalue weighted by Gasteiger charge is -2.22. The van der Waals surface area contributed by atoms with Gasteiger partial charge in [-0.3, -0.25) is 0 Å². The number of halogens is 1. The molecule has 3 aromatic rings. The molecule has 0 fully saturated rings. The number of H-pyrrole nitrogens is 1. The first kappa shape index (κ1) is 11.8. The largest absolute Gasteiger partial charge is 0.361 e. The van der Waals surface area contributed by atoms with Crippen molar-refractivity contribution in [2.45, 2.75) is 19.3 Å². The molecule has 18 heavy (non-hydrogen) atoms. The molecule has 0 aliphatic carbocycles. The Labute approximate surface area is 115 Å². The molecule has 2 nitrogen and oxygen atoms in total. The molecule has 0 spiro atoms. The van der Waals surface area contributed by atoms with Crippen LogP contribution in [-0.4, -0.2) is 9.97 Å². The Balaban J connectivity index is 2.19. The summed E-state index contributed by atoms with van der Waals surface area (Å²) < 4.78 is 0.595. The number of hydrogen-bond donors (Lipinski definition) is 1. The summed E-state index contributed by atoms with van der Waals surface area (Å²) in [6.07, 6.45) is 3.95. The molecule has 0 saturated heterocycles. The number of para-hydroxylation sites is 1. The van der Waals surface area contributed by atoms with Gasteiger partial charge in [-0.05, 0) is 11.6 Å². The van der Waals surface area contributed by atoms with Gasteiger partial charge in [0.15, 0.2) is 4.47 Å². The number of fused-ring (bicyclic) bond motifs is 1. The molecule has 92 valence electrons. The number of nitrogens with one attached hydrogen (secondary N) is 1. The van der Waals surface area contributed by atoms with Gasteiger partial charge in [-0.15, -0.1) is 11.3 Å².